The normalized spacial score (nSPS) is 19.7. The summed E-state index contributed by atoms with van der Waals surface area (Å²) in [5.74, 6) is 0.0894. The van der Waals surface area contributed by atoms with Crippen molar-refractivity contribution in [2.75, 3.05) is 33.2 Å². The lowest BCUT2D eigenvalue weighted by molar-refractivity contribution is -0.134. The van der Waals surface area contributed by atoms with E-state index in [1.54, 1.807) is 14.0 Å². The number of hydrogen-bond donors (Lipinski definition) is 1. The zero-order valence-corrected chi connectivity index (χ0v) is 12.0. The largest absolute Gasteiger partial charge is 0.358 e. The molecule has 20 heavy (non-hydrogen) atoms. The van der Waals surface area contributed by atoms with Crippen LogP contribution in [0, 0.1) is 0 Å². The van der Waals surface area contributed by atoms with Crippen LogP contribution in [-0.2, 0) is 9.59 Å². The average Bonchev–Trinajstić information content (AvgIpc) is 2.47. The Hall–Kier alpha value is -1.88. The molecule has 1 aliphatic rings. The van der Waals surface area contributed by atoms with Crippen molar-refractivity contribution in [1.82, 2.24) is 15.1 Å². The predicted molar refractivity (Wildman–Crippen MR) is 77.1 cm³/mol. The number of rotatable bonds is 3. The lowest BCUT2D eigenvalue weighted by Gasteiger charge is -2.41. The first-order valence-corrected chi connectivity index (χ1v) is 6.87. The zero-order chi connectivity index (χ0) is 14.5. The van der Waals surface area contributed by atoms with E-state index in [9.17, 15) is 9.59 Å². The molecule has 0 bridgehead atoms. The molecule has 1 aromatic carbocycles. The molecule has 2 rings (SSSR count). The number of carbonyl (C=O) groups is 2. The van der Waals surface area contributed by atoms with Gasteiger partial charge in [-0.3, -0.25) is 14.5 Å². The molecule has 108 valence electrons. The van der Waals surface area contributed by atoms with Crippen LogP contribution in [0.2, 0.25) is 0 Å². The third kappa shape index (κ3) is 3.36. The van der Waals surface area contributed by atoms with E-state index in [1.165, 1.54) is 0 Å². The van der Waals surface area contributed by atoms with Crippen molar-refractivity contribution in [2.24, 2.45) is 0 Å². The van der Waals surface area contributed by atoms with Crippen LogP contribution in [0.15, 0.2) is 30.3 Å². The van der Waals surface area contributed by atoms with Crippen LogP contribution in [0.3, 0.4) is 0 Å². The van der Waals surface area contributed by atoms with Gasteiger partial charge in [-0.2, -0.15) is 0 Å². The van der Waals surface area contributed by atoms with Crippen molar-refractivity contribution in [3.63, 3.8) is 0 Å². The number of amides is 2. The van der Waals surface area contributed by atoms with Crippen molar-refractivity contribution in [3.8, 4) is 0 Å². The maximum absolute atomic E-state index is 11.8. The number of likely N-dealkylation sites (N-methyl/N-ethyl adjacent to an activating group) is 1. The number of nitrogens with one attached hydrogen (secondary N) is 1. The predicted octanol–water partition coefficient (Wildman–Crippen LogP) is 0.638. The molecule has 0 aliphatic carbocycles. The topological polar surface area (TPSA) is 52.7 Å². The lowest BCUT2D eigenvalue weighted by atomic mass is 10.0. The van der Waals surface area contributed by atoms with Gasteiger partial charge in [0.25, 0.3) is 0 Å². The number of piperazine rings is 1. The molecule has 1 unspecified atom stereocenters. The molecule has 1 N–H and O–H groups in total. The van der Waals surface area contributed by atoms with Crippen molar-refractivity contribution in [3.05, 3.63) is 35.9 Å². The summed E-state index contributed by atoms with van der Waals surface area (Å²) >= 11 is 0. The molecule has 0 radical (unpaired) electrons. The average molecular weight is 275 g/mol. The molecule has 5 nitrogen and oxygen atoms in total. The highest BCUT2D eigenvalue weighted by Crippen LogP contribution is 2.25. The van der Waals surface area contributed by atoms with E-state index in [1.807, 2.05) is 35.2 Å². The summed E-state index contributed by atoms with van der Waals surface area (Å²) < 4.78 is 0. The van der Waals surface area contributed by atoms with Gasteiger partial charge < -0.3 is 10.2 Å². The molecule has 1 saturated heterocycles. The second-order valence-electron chi connectivity index (χ2n) is 5.05. The van der Waals surface area contributed by atoms with Crippen LogP contribution >= 0.6 is 0 Å². The van der Waals surface area contributed by atoms with Gasteiger partial charge in [0.2, 0.25) is 11.8 Å². The van der Waals surface area contributed by atoms with Gasteiger partial charge in [0.05, 0.1) is 12.6 Å². The molecule has 2 amide bonds. The Morgan fingerprint density at radius 2 is 1.95 bits per heavy atom. The van der Waals surface area contributed by atoms with E-state index in [0.717, 1.165) is 12.1 Å². The highest BCUT2D eigenvalue weighted by Gasteiger charge is 2.30. The van der Waals surface area contributed by atoms with Gasteiger partial charge in [-0.15, -0.1) is 0 Å². The number of benzene rings is 1. The summed E-state index contributed by atoms with van der Waals surface area (Å²) in [6, 6.07) is 10.0. The summed E-state index contributed by atoms with van der Waals surface area (Å²) in [4.78, 5) is 27.3. The molecule has 0 saturated carbocycles. The molecule has 1 fully saturated rings. The maximum atomic E-state index is 11.8. The highest BCUT2D eigenvalue weighted by molar-refractivity contribution is 5.78. The molecular weight excluding hydrogens is 254 g/mol. The molecule has 5 heteroatoms. The first-order chi connectivity index (χ1) is 9.61. The van der Waals surface area contributed by atoms with E-state index in [-0.39, 0.29) is 17.9 Å². The number of nitrogens with zero attached hydrogens (tertiary/aromatic N) is 2. The summed E-state index contributed by atoms with van der Waals surface area (Å²) in [6.45, 7) is 4.06. The van der Waals surface area contributed by atoms with Crippen LogP contribution in [-0.4, -0.2) is 54.8 Å². The SMILES string of the molecule is CNC(=O)CN1CCN(C(C)=O)C(c2ccccc2)C1. The van der Waals surface area contributed by atoms with Crippen molar-refractivity contribution < 1.29 is 9.59 Å². The van der Waals surface area contributed by atoms with E-state index in [2.05, 4.69) is 10.2 Å². The Morgan fingerprint density at radius 1 is 1.25 bits per heavy atom. The fraction of sp³-hybridized carbons (Fsp3) is 0.467. The van der Waals surface area contributed by atoms with Crippen molar-refractivity contribution in [2.45, 2.75) is 13.0 Å². The van der Waals surface area contributed by atoms with E-state index in [4.69, 9.17) is 0 Å². The van der Waals surface area contributed by atoms with Gasteiger partial charge in [-0.05, 0) is 5.56 Å². The second kappa shape index (κ2) is 6.52. The van der Waals surface area contributed by atoms with Crippen molar-refractivity contribution in [1.29, 1.82) is 0 Å². The Bertz CT molecular complexity index is 475. The fourth-order valence-electron chi connectivity index (χ4n) is 2.60. The molecule has 1 aromatic rings. The summed E-state index contributed by atoms with van der Waals surface area (Å²) in [7, 11) is 1.64. The molecule has 0 aromatic heterocycles. The molecule has 1 atom stereocenters. The Labute approximate surface area is 119 Å². The van der Waals surface area contributed by atoms with Gasteiger partial charge >= 0.3 is 0 Å². The Kier molecular flexibility index (Phi) is 4.74. The van der Waals surface area contributed by atoms with E-state index in [0.29, 0.717) is 19.6 Å². The minimum Gasteiger partial charge on any atom is -0.358 e. The third-order valence-electron chi connectivity index (χ3n) is 3.70. The standard InChI is InChI=1S/C15H21N3O2/c1-12(19)18-9-8-17(11-15(20)16-2)10-14(18)13-6-4-3-5-7-13/h3-7,14H,8-11H2,1-2H3,(H,16,20). The molecule has 1 heterocycles. The van der Waals surface area contributed by atoms with Gasteiger partial charge in [-0.1, -0.05) is 30.3 Å². The van der Waals surface area contributed by atoms with E-state index < -0.39 is 0 Å². The van der Waals surface area contributed by atoms with Gasteiger partial charge in [-0.25, -0.2) is 0 Å². The summed E-state index contributed by atoms with van der Waals surface area (Å²) in [5.41, 5.74) is 1.12. The van der Waals surface area contributed by atoms with Crippen molar-refractivity contribution >= 4 is 11.8 Å². The Morgan fingerprint density at radius 3 is 2.55 bits per heavy atom. The molecule has 1 aliphatic heterocycles. The van der Waals surface area contributed by atoms with Crippen LogP contribution in [0.5, 0.6) is 0 Å². The lowest BCUT2D eigenvalue weighted by Crippen LogP contribution is -2.52. The first-order valence-electron chi connectivity index (χ1n) is 6.87. The van der Waals surface area contributed by atoms with Gasteiger partial charge in [0.1, 0.15) is 0 Å². The van der Waals surface area contributed by atoms with Crippen LogP contribution in [0.25, 0.3) is 0 Å². The smallest absolute Gasteiger partial charge is 0.233 e. The monoisotopic (exact) mass is 275 g/mol. The highest BCUT2D eigenvalue weighted by atomic mass is 16.2. The van der Waals surface area contributed by atoms with Crippen LogP contribution in [0.1, 0.15) is 18.5 Å². The Balaban J connectivity index is 2.14. The summed E-state index contributed by atoms with van der Waals surface area (Å²) in [6.07, 6.45) is 0. The minimum absolute atomic E-state index is 0.00749. The van der Waals surface area contributed by atoms with E-state index >= 15 is 0 Å². The summed E-state index contributed by atoms with van der Waals surface area (Å²) in [5, 5.41) is 2.64. The quantitative estimate of drug-likeness (QED) is 0.880. The first kappa shape index (κ1) is 14.5. The van der Waals surface area contributed by atoms with Crippen LogP contribution < -0.4 is 5.32 Å². The third-order valence-corrected chi connectivity index (χ3v) is 3.70. The number of hydrogen-bond acceptors (Lipinski definition) is 3. The molecule has 0 spiro atoms. The maximum Gasteiger partial charge on any atom is 0.233 e. The van der Waals surface area contributed by atoms with Gasteiger partial charge in [0, 0.05) is 33.6 Å². The minimum atomic E-state index is 0.00749. The molecular formula is C15H21N3O2. The second-order valence-corrected chi connectivity index (χ2v) is 5.05. The van der Waals surface area contributed by atoms with Gasteiger partial charge in [0.15, 0.2) is 0 Å². The van der Waals surface area contributed by atoms with Crippen LogP contribution in [0.4, 0.5) is 0 Å². The fourth-order valence-corrected chi connectivity index (χ4v) is 2.60. The number of carbonyl (C=O) groups excluding carboxylic acids is 2. The zero-order valence-electron chi connectivity index (χ0n) is 12.0.